The number of nitrogens with zero attached hydrogens (tertiary/aromatic N) is 3. The Morgan fingerprint density at radius 3 is 2.74 bits per heavy atom. The number of hydrogen-bond donors (Lipinski definition) is 1. The zero-order valence-electron chi connectivity index (χ0n) is 24.0. The summed E-state index contributed by atoms with van der Waals surface area (Å²) in [5.41, 5.74) is 0.226. The number of ether oxygens (including phenoxy) is 1. The van der Waals surface area contributed by atoms with Crippen LogP contribution in [0.4, 0.5) is 8.78 Å². The lowest BCUT2D eigenvalue weighted by molar-refractivity contribution is -0.139. The quantitative estimate of drug-likeness (QED) is 0.374. The van der Waals surface area contributed by atoms with Gasteiger partial charge >= 0.3 is 11.9 Å². The van der Waals surface area contributed by atoms with Crippen LogP contribution < -0.4 is 0 Å². The number of alkyl halides is 2. The Kier molecular flexibility index (Phi) is 7.81. The van der Waals surface area contributed by atoms with E-state index < -0.39 is 41.3 Å². The van der Waals surface area contributed by atoms with Gasteiger partial charge in [0.2, 0.25) is 0 Å². The fourth-order valence-corrected chi connectivity index (χ4v) is 8.29. The molecule has 0 bridgehead atoms. The minimum Gasteiger partial charge on any atom is -0.481 e. The highest BCUT2D eigenvalue weighted by Crippen LogP contribution is 2.75. The van der Waals surface area contributed by atoms with Crippen LogP contribution >= 0.6 is 11.3 Å². The lowest BCUT2D eigenvalue weighted by Gasteiger charge is -2.48. The van der Waals surface area contributed by atoms with Crippen LogP contribution in [0.5, 0.6) is 0 Å². The van der Waals surface area contributed by atoms with E-state index in [0.717, 1.165) is 27.4 Å². The van der Waals surface area contributed by atoms with Crippen molar-refractivity contribution >= 4 is 29.0 Å². The number of likely N-dealkylation sites (tertiary alicyclic amines) is 1. The van der Waals surface area contributed by atoms with Crippen LogP contribution in [0.15, 0.2) is 52.0 Å². The van der Waals surface area contributed by atoms with E-state index in [4.69, 9.17) is 9.73 Å². The fourth-order valence-electron chi connectivity index (χ4n) is 7.63. The maximum atomic E-state index is 15.8. The molecule has 7 nitrogen and oxygen atoms in total. The summed E-state index contributed by atoms with van der Waals surface area (Å²) in [6.07, 6.45) is 4.44. The van der Waals surface area contributed by atoms with Gasteiger partial charge in [-0.3, -0.25) is 14.7 Å². The van der Waals surface area contributed by atoms with E-state index in [-0.39, 0.29) is 25.4 Å². The van der Waals surface area contributed by atoms with Crippen molar-refractivity contribution in [1.29, 1.82) is 0 Å². The van der Waals surface area contributed by atoms with E-state index in [9.17, 15) is 14.7 Å². The molecule has 2 aliphatic carbocycles. The third kappa shape index (κ3) is 5.00. The van der Waals surface area contributed by atoms with Crippen LogP contribution in [0.3, 0.4) is 0 Å². The van der Waals surface area contributed by atoms with Gasteiger partial charge in [-0.1, -0.05) is 24.3 Å². The molecule has 6 rings (SSSR count). The zero-order chi connectivity index (χ0) is 29.6. The van der Waals surface area contributed by atoms with Gasteiger partial charge in [0, 0.05) is 36.9 Å². The molecule has 0 amide bonds. The van der Waals surface area contributed by atoms with Crippen molar-refractivity contribution in [3.05, 3.63) is 63.1 Å². The lowest BCUT2D eigenvalue weighted by Crippen LogP contribution is -2.63. The Balaban J connectivity index is 1.43. The molecule has 1 N–H and O–H groups in total. The van der Waals surface area contributed by atoms with Crippen molar-refractivity contribution in [1.82, 2.24) is 9.88 Å². The summed E-state index contributed by atoms with van der Waals surface area (Å²) < 4.78 is 37.0. The van der Waals surface area contributed by atoms with Gasteiger partial charge in [-0.15, -0.1) is 11.3 Å². The summed E-state index contributed by atoms with van der Waals surface area (Å²) in [5.74, 6) is -2.12. The number of aromatic nitrogens is 1. The number of carbonyl (C=O) groups is 2. The topological polar surface area (TPSA) is 92.1 Å². The second kappa shape index (κ2) is 11.3. The largest absolute Gasteiger partial charge is 0.481 e. The van der Waals surface area contributed by atoms with E-state index >= 15 is 8.78 Å². The van der Waals surface area contributed by atoms with E-state index in [1.54, 1.807) is 13.1 Å². The SMILES string of the molecule is CCOC(=O)C1=C(CN2CCC(CC(=O)O)CC3C2C2(F)CC32F)CCCC(c2nccs2)=NC1c1ccccc1C. The minimum atomic E-state index is -1.91. The Labute approximate surface area is 248 Å². The third-order valence-electron chi connectivity index (χ3n) is 9.67. The van der Waals surface area contributed by atoms with Crippen molar-refractivity contribution in [3.8, 4) is 0 Å². The molecule has 2 aliphatic heterocycles. The number of esters is 1. The lowest BCUT2D eigenvalue weighted by atomic mass is 9.71. The number of rotatable bonds is 8. The molecule has 1 aromatic carbocycles. The number of benzene rings is 1. The van der Waals surface area contributed by atoms with Gasteiger partial charge in [-0.05, 0) is 75.1 Å². The molecule has 42 heavy (non-hydrogen) atoms. The number of carboxylic acid groups (broad SMARTS) is 1. The van der Waals surface area contributed by atoms with E-state index in [2.05, 4.69) is 4.98 Å². The maximum absolute atomic E-state index is 15.8. The van der Waals surface area contributed by atoms with E-state index in [0.29, 0.717) is 50.8 Å². The van der Waals surface area contributed by atoms with Gasteiger partial charge in [0.05, 0.1) is 23.9 Å². The maximum Gasteiger partial charge on any atom is 0.336 e. The molecule has 2 saturated carbocycles. The predicted octanol–water partition coefficient (Wildman–Crippen LogP) is 6.03. The molecule has 2 aromatic rings. The molecule has 0 spiro atoms. The first kappa shape index (κ1) is 29.1. The van der Waals surface area contributed by atoms with Crippen molar-refractivity contribution in [3.63, 3.8) is 0 Å². The van der Waals surface area contributed by atoms with Gasteiger partial charge < -0.3 is 9.84 Å². The van der Waals surface area contributed by atoms with Gasteiger partial charge in [0.1, 0.15) is 11.0 Å². The first-order valence-electron chi connectivity index (χ1n) is 14.9. The molecule has 6 unspecified atom stereocenters. The molecule has 1 saturated heterocycles. The van der Waals surface area contributed by atoms with Crippen LogP contribution in [0.2, 0.25) is 0 Å². The van der Waals surface area contributed by atoms with E-state index in [1.165, 1.54) is 11.3 Å². The molecular weight excluding hydrogens is 560 g/mol. The highest BCUT2D eigenvalue weighted by molar-refractivity contribution is 7.11. The number of aryl methyl sites for hydroxylation is 1. The smallest absolute Gasteiger partial charge is 0.336 e. The number of hydrogen-bond acceptors (Lipinski definition) is 7. The molecule has 3 fully saturated rings. The minimum absolute atomic E-state index is 0.0488. The standard InChI is InChI=1S/C32H37F2N3O4S/c1-3-41-30(40)26-21(17-37-13-11-20(16-25(38)39)15-23-28(37)32(34)18-31(23,32)33)8-6-10-24(29-35-12-14-42-29)36-27(26)22-9-5-4-7-19(22)2/h4-5,7,9,12,14,20,23,27-28H,3,6,8,10-11,13,15-18H2,1-2H3,(H,38,39). The molecular formula is C32H37F2N3O4S. The van der Waals surface area contributed by atoms with Gasteiger partial charge in [-0.2, -0.15) is 0 Å². The van der Waals surface area contributed by atoms with Crippen molar-refractivity contribution in [2.45, 2.75) is 82.2 Å². The van der Waals surface area contributed by atoms with Crippen molar-refractivity contribution in [2.24, 2.45) is 16.8 Å². The molecule has 0 radical (unpaired) electrons. The van der Waals surface area contributed by atoms with Gasteiger partial charge in [0.15, 0.2) is 11.3 Å². The van der Waals surface area contributed by atoms with Gasteiger partial charge in [0.25, 0.3) is 0 Å². The van der Waals surface area contributed by atoms with Crippen LogP contribution in [-0.4, -0.2) is 69.7 Å². The van der Waals surface area contributed by atoms with Crippen molar-refractivity contribution < 1.29 is 28.2 Å². The summed E-state index contributed by atoms with van der Waals surface area (Å²) in [6, 6.07) is 6.58. The highest BCUT2D eigenvalue weighted by atomic mass is 32.1. The van der Waals surface area contributed by atoms with Crippen LogP contribution in [-0.2, 0) is 14.3 Å². The van der Waals surface area contributed by atoms with E-state index in [1.807, 2.05) is 41.5 Å². The second-order valence-electron chi connectivity index (χ2n) is 12.2. The van der Waals surface area contributed by atoms with Crippen LogP contribution in [0.25, 0.3) is 0 Å². The van der Waals surface area contributed by atoms with Crippen LogP contribution in [0, 0.1) is 18.8 Å². The highest BCUT2D eigenvalue weighted by Gasteiger charge is 2.89. The van der Waals surface area contributed by atoms with Gasteiger partial charge in [-0.25, -0.2) is 18.6 Å². The zero-order valence-corrected chi connectivity index (χ0v) is 24.8. The summed E-state index contributed by atoms with van der Waals surface area (Å²) in [6.45, 7) is 4.70. The fraction of sp³-hybridized carbons (Fsp3) is 0.562. The molecule has 3 heterocycles. The average Bonchev–Trinajstić information content (AvgIpc) is 3.21. The summed E-state index contributed by atoms with van der Waals surface area (Å²) in [4.78, 5) is 37.0. The summed E-state index contributed by atoms with van der Waals surface area (Å²) in [5, 5.41) is 12.2. The Morgan fingerprint density at radius 1 is 1.21 bits per heavy atom. The molecule has 4 aliphatic rings. The second-order valence-corrected chi connectivity index (χ2v) is 13.1. The average molecular weight is 598 g/mol. The van der Waals surface area contributed by atoms with Crippen molar-refractivity contribution in [2.75, 3.05) is 19.7 Å². The molecule has 224 valence electrons. The third-order valence-corrected chi connectivity index (χ3v) is 10.5. The number of thiazole rings is 1. The Morgan fingerprint density at radius 2 is 2.02 bits per heavy atom. The number of aliphatic carboxylic acids is 1. The number of aliphatic imine (C=N–C) groups is 1. The number of carboxylic acids is 1. The molecule has 6 atom stereocenters. The number of carbonyl (C=O) groups excluding carboxylic acids is 1. The van der Waals surface area contributed by atoms with Crippen LogP contribution in [0.1, 0.15) is 74.0 Å². The normalized spacial score (nSPS) is 32.8. The Bertz CT molecular complexity index is 1430. The number of fused-ring (bicyclic) bond motifs is 4. The predicted molar refractivity (Wildman–Crippen MR) is 156 cm³/mol. The molecule has 10 heteroatoms. The Hall–Kier alpha value is -2.98. The first-order chi connectivity index (χ1) is 20.2. The first-order valence-corrected chi connectivity index (χ1v) is 15.8. The summed E-state index contributed by atoms with van der Waals surface area (Å²) >= 11 is 1.51. The monoisotopic (exact) mass is 597 g/mol. The summed E-state index contributed by atoms with van der Waals surface area (Å²) in [7, 11) is 0. The molecule has 1 aromatic heterocycles. The number of halogens is 2.